The zero-order valence-electron chi connectivity index (χ0n) is 9.37. The molecule has 0 saturated carbocycles. The summed E-state index contributed by atoms with van der Waals surface area (Å²) in [6.45, 7) is 0. The minimum atomic E-state index is 0.283. The van der Waals surface area contributed by atoms with Crippen LogP contribution in [0.25, 0.3) is 21.9 Å². The maximum Gasteiger partial charge on any atom is 0.135 e. The van der Waals surface area contributed by atoms with E-state index in [4.69, 9.17) is 15.0 Å². The fraction of sp³-hybridized carbons (Fsp3) is 0. The van der Waals surface area contributed by atoms with Crippen molar-refractivity contribution >= 4 is 35.2 Å². The number of hydrogen-bond acceptors (Lipinski definition) is 1. The molecule has 64 valence electrons. The highest BCUT2D eigenvalue weighted by molar-refractivity contribution is 6.41. The van der Waals surface area contributed by atoms with E-state index in [1.165, 1.54) is 0 Å². The summed E-state index contributed by atoms with van der Waals surface area (Å²) in [7, 11) is 5.87. The largest absolute Gasteiger partial charge is 0.456 e. The van der Waals surface area contributed by atoms with E-state index >= 15 is 0 Å². The average Bonchev–Trinajstić information content (AvgIpc) is 2.62. The first-order chi connectivity index (χ1) is 7.66. The Balaban J connectivity index is 2.60. The Kier molecular flexibility index (Phi) is 1.12. The first-order valence-corrected chi connectivity index (χ1v) is 4.35. The third-order valence-corrected chi connectivity index (χ3v) is 2.30. The SMILES string of the molecule is [2H]c1ccc2oc3ccc([2H])c([B])c3c2c1. The van der Waals surface area contributed by atoms with Gasteiger partial charge in [0.25, 0.3) is 0 Å². The zero-order chi connectivity index (χ0) is 11.3. The predicted molar refractivity (Wildman–Crippen MR) is 59.1 cm³/mol. The van der Waals surface area contributed by atoms with Crippen molar-refractivity contribution in [1.29, 1.82) is 0 Å². The molecule has 0 atom stereocenters. The Labute approximate surface area is 85.6 Å². The smallest absolute Gasteiger partial charge is 0.135 e. The Morgan fingerprint density at radius 1 is 1.14 bits per heavy atom. The predicted octanol–water partition coefficient (Wildman–Crippen LogP) is 2.38. The van der Waals surface area contributed by atoms with Gasteiger partial charge in [0, 0.05) is 10.8 Å². The summed E-state index contributed by atoms with van der Waals surface area (Å²) in [6.07, 6.45) is 0. The Bertz CT molecular complexity index is 703. The van der Waals surface area contributed by atoms with Crippen molar-refractivity contribution in [2.24, 2.45) is 0 Å². The van der Waals surface area contributed by atoms with Crippen LogP contribution in [-0.4, -0.2) is 7.85 Å². The molecule has 2 radical (unpaired) electrons. The van der Waals surface area contributed by atoms with E-state index in [1.54, 1.807) is 30.3 Å². The van der Waals surface area contributed by atoms with E-state index in [-0.39, 0.29) is 6.04 Å². The van der Waals surface area contributed by atoms with Crippen LogP contribution in [0.4, 0.5) is 0 Å². The molecule has 1 aromatic heterocycles. The number of benzene rings is 2. The van der Waals surface area contributed by atoms with Crippen LogP contribution in [0.2, 0.25) is 0 Å². The van der Waals surface area contributed by atoms with Gasteiger partial charge in [-0.1, -0.05) is 35.7 Å². The lowest BCUT2D eigenvalue weighted by Gasteiger charge is -1.93. The first-order valence-electron chi connectivity index (χ1n) is 5.35. The van der Waals surface area contributed by atoms with Crippen molar-refractivity contribution in [3.63, 3.8) is 0 Å². The standard InChI is InChI=1S/C12H7BO/c13-9-5-3-7-11-12(9)8-4-1-2-6-10(8)14-11/h1-7H/i1D,5D. The Morgan fingerprint density at radius 2 is 2.00 bits per heavy atom. The number of furan rings is 1. The van der Waals surface area contributed by atoms with Gasteiger partial charge in [-0.25, -0.2) is 0 Å². The summed E-state index contributed by atoms with van der Waals surface area (Å²) in [5, 5.41) is 1.53. The quantitative estimate of drug-likeness (QED) is 0.484. The third kappa shape index (κ3) is 0.910. The summed E-state index contributed by atoms with van der Waals surface area (Å²) in [4.78, 5) is 0. The van der Waals surface area contributed by atoms with Crippen LogP contribution in [0.5, 0.6) is 0 Å². The highest BCUT2D eigenvalue weighted by Crippen LogP contribution is 2.26. The van der Waals surface area contributed by atoms with Crippen molar-refractivity contribution in [1.82, 2.24) is 0 Å². The number of para-hydroxylation sites is 1. The zero-order valence-corrected chi connectivity index (χ0v) is 7.37. The van der Waals surface area contributed by atoms with E-state index < -0.39 is 0 Å². The van der Waals surface area contributed by atoms with E-state index in [1.807, 2.05) is 0 Å². The lowest BCUT2D eigenvalue weighted by atomic mass is 9.91. The maximum atomic E-state index is 7.66. The Morgan fingerprint density at radius 3 is 2.93 bits per heavy atom. The molecule has 0 fully saturated rings. The lowest BCUT2D eigenvalue weighted by molar-refractivity contribution is 0.669. The number of fused-ring (bicyclic) bond motifs is 3. The summed E-state index contributed by atoms with van der Waals surface area (Å²) in [6, 6.07) is 9.16. The molecule has 1 heterocycles. The van der Waals surface area contributed by atoms with Crippen LogP contribution in [0.15, 0.2) is 46.8 Å². The summed E-state index contributed by atoms with van der Waals surface area (Å²) < 4.78 is 20.8. The van der Waals surface area contributed by atoms with Crippen molar-refractivity contribution in [2.75, 3.05) is 0 Å². The topological polar surface area (TPSA) is 13.1 Å². The first kappa shape index (κ1) is 5.92. The summed E-state index contributed by atoms with van der Waals surface area (Å²) in [5.41, 5.74) is 1.76. The fourth-order valence-electron chi connectivity index (χ4n) is 1.68. The summed E-state index contributed by atoms with van der Waals surface area (Å²) in [5.74, 6) is 0. The van der Waals surface area contributed by atoms with Crippen molar-refractivity contribution in [3.8, 4) is 0 Å². The monoisotopic (exact) mass is 180 g/mol. The molecular formula is C12H7BO. The van der Waals surface area contributed by atoms with E-state index in [2.05, 4.69) is 0 Å². The van der Waals surface area contributed by atoms with E-state index in [0.29, 0.717) is 22.7 Å². The fourth-order valence-corrected chi connectivity index (χ4v) is 1.68. The van der Waals surface area contributed by atoms with Gasteiger partial charge >= 0.3 is 0 Å². The van der Waals surface area contributed by atoms with Gasteiger partial charge in [0.05, 0.1) is 2.74 Å². The molecule has 3 rings (SSSR count). The highest BCUT2D eigenvalue weighted by atomic mass is 16.3. The van der Waals surface area contributed by atoms with Crippen LogP contribution in [0.1, 0.15) is 2.74 Å². The molecule has 0 N–H and O–H groups in total. The van der Waals surface area contributed by atoms with E-state index in [9.17, 15) is 0 Å². The molecule has 0 aliphatic rings. The van der Waals surface area contributed by atoms with Gasteiger partial charge in [-0.3, -0.25) is 0 Å². The molecule has 0 amide bonds. The molecule has 2 heteroatoms. The molecule has 14 heavy (non-hydrogen) atoms. The van der Waals surface area contributed by atoms with Crippen LogP contribution in [-0.2, 0) is 0 Å². The second-order valence-corrected chi connectivity index (χ2v) is 3.15. The third-order valence-electron chi connectivity index (χ3n) is 2.30. The van der Waals surface area contributed by atoms with E-state index in [0.717, 1.165) is 10.8 Å². The van der Waals surface area contributed by atoms with Gasteiger partial charge in [0.15, 0.2) is 0 Å². The maximum absolute atomic E-state index is 7.66. The molecule has 0 spiro atoms. The van der Waals surface area contributed by atoms with Gasteiger partial charge in [0.1, 0.15) is 19.0 Å². The minimum Gasteiger partial charge on any atom is -0.456 e. The minimum absolute atomic E-state index is 0.283. The molecule has 0 bridgehead atoms. The lowest BCUT2D eigenvalue weighted by Crippen LogP contribution is -2.00. The van der Waals surface area contributed by atoms with Crippen molar-refractivity contribution in [3.05, 3.63) is 42.4 Å². The van der Waals surface area contributed by atoms with Crippen LogP contribution in [0.3, 0.4) is 0 Å². The molecule has 0 aliphatic carbocycles. The molecule has 0 unspecified atom stereocenters. The number of rotatable bonds is 0. The van der Waals surface area contributed by atoms with Gasteiger partial charge in [-0.15, -0.1) is 0 Å². The number of hydrogen-bond donors (Lipinski definition) is 0. The molecule has 1 nitrogen and oxygen atoms in total. The van der Waals surface area contributed by atoms with Gasteiger partial charge in [-0.05, 0) is 12.1 Å². The second-order valence-electron chi connectivity index (χ2n) is 3.15. The normalized spacial score (nSPS) is 13.1. The van der Waals surface area contributed by atoms with Crippen LogP contribution < -0.4 is 5.46 Å². The molecule has 0 saturated heterocycles. The van der Waals surface area contributed by atoms with Gasteiger partial charge < -0.3 is 4.42 Å². The van der Waals surface area contributed by atoms with Gasteiger partial charge in [0.2, 0.25) is 0 Å². The van der Waals surface area contributed by atoms with Crippen LogP contribution in [0, 0.1) is 0 Å². The molecule has 2 aromatic carbocycles. The average molecular weight is 180 g/mol. The summed E-state index contributed by atoms with van der Waals surface area (Å²) >= 11 is 0. The molecule has 0 aliphatic heterocycles. The van der Waals surface area contributed by atoms with Gasteiger partial charge in [-0.2, -0.15) is 0 Å². The van der Waals surface area contributed by atoms with Crippen LogP contribution >= 0.6 is 0 Å². The molecule has 3 aromatic rings. The van der Waals surface area contributed by atoms with Crippen molar-refractivity contribution in [2.45, 2.75) is 0 Å². The Hall–Kier alpha value is -1.70. The second kappa shape index (κ2) is 2.64. The molecular weight excluding hydrogens is 171 g/mol. The highest BCUT2D eigenvalue weighted by Gasteiger charge is 2.06. The van der Waals surface area contributed by atoms with Crippen molar-refractivity contribution < 1.29 is 7.16 Å².